The fourth-order valence-electron chi connectivity index (χ4n) is 2.88. The average molecular weight is 397 g/mol. The lowest BCUT2D eigenvalue weighted by molar-refractivity contribution is -0.124. The van der Waals surface area contributed by atoms with Crippen molar-refractivity contribution in [2.45, 2.75) is 57.4 Å². The number of carbonyl (C=O) groups is 2. The molecule has 1 heterocycles. The second kappa shape index (κ2) is 9.32. The van der Waals surface area contributed by atoms with E-state index in [1.54, 1.807) is 13.0 Å². The number of esters is 1. The second-order valence-corrected chi connectivity index (χ2v) is 8.80. The molecule has 1 aliphatic heterocycles. The van der Waals surface area contributed by atoms with Crippen LogP contribution in [0.4, 0.5) is 0 Å². The summed E-state index contributed by atoms with van der Waals surface area (Å²) in [5, 5.41) is 2.71. The van der Waals surface area contributed by atoms with Crippen molar-refractivity contribution in [2.75, 3.05) is 19.7 Å². The lowest BCUT2D eigenvalue weighted by Gasteiger charge is -2.26. The van der Waals surface area contributed by atoms with Gasteiger partial charge in [0.25, 0.3) is 5.91 Å². The van der Waals surface area contributed by atoms with Crippen molar-refractivity contribution in [3.05, 3.63) is 29.3 Å². The molecule has 7 nitrogen and oxygen atoms in total. The van der Waals surface area contributed by atoms with Crippen LogP contribution in [0.15, 0.2) is 23.1 Å². The summed E-state index contributed by atoms with van der Waals surface area (Å²) >= 11 is 0. The predicted octanol–water partition coefficient (Wildman–Crippen LogP) is 2.24. The highest BCUT2D eigenvalue weighted by Crippen LogP contribution is 2.24. The standard InChI is InChI=1S/C19H28N2O5S/c1-4-15(3)20-18(22)13-26-19(23)16-9-8-14(2)17(12-16)27(24,25)21-10-6-5-7-11-21/h8-9,12,15H,4-7,10-11,13H2,1-3H3,(H,20,22)/t15-/m1/s1. The van der Waals surface area contributed by atoms with E-state index in [0.717, 1.165) is 25.7 Å². The van der Waals surface area contributed by atoms with Gasteiger partial charge in [0.2, 0.25) is 10.0 Å². The van der Waals surface area contributed by atoms with Gasteiger partial charge in [-0.05, 0) is 50.8 Å². The van der Waals surface area contributed by atoms with Crippen LogP contribution in [0.25, 0.3) is 0 Å². The first kappa shape index (κ1) is 21.4. The molecule has 27 heavy (non-hydrogen) atoms. The Labute approximate surface area is 161 Å². The molecule has 150 valence electrons. The molecule has 1 fully saturated rings. The van der Waals surface area contributed by atoms with Gasteiger partial charge in [-0.3, -0.25) is 4.79 Å². The summed E-state index contributed by atoms with van der Waals surface area (Å²) < 4.78 is 32.3. The largest absolute Gasteiger partial charge is 0.452 e. The quantitative estimate of drug-likeness (QED) is 0.714. The zero-order valence-electron chi connectivity index (χ0n) is 16.2. The maximum Gasteiger partial charge on any atom is 0.338 e. The zero-order chi connectivity index (χ0) is 20.0. The van der Waals surface area contributed by atoms with E-state index in [-0.39, 0.29) is 22.4 Å². The van der Waals surface area contributed by atoms with Crippen LogP contribution in [0.3, 0.4) is 0 Å². The number of nitrogens with one attached hydrogen (secondary N) is 1. The van der Waals surface area contributed by atoms with E-state index in [4.69, 9.17) is 4.74 Å². The van der Waals surface area contributed by atoms with E-state index < -0.39 is 22.6 Å². The van der Waals surface area contributed by atoms with Crippen molar-refractivity contribution in [3.63, 3.8) is 0 Å². The van der Waals surface area contributed by atoms with Crippen LogP contribution >= 0.6 is 0 Å². The van der Waals surface area contributed by atoms with Crippen molar-refractivity contribution in [3.8, 4) is 0 Å². The highest BCUT2D eigenvalue weighted by molar-refractivity contribution is 7.89. The van der Waals surface area contributed by atoms with Gasteiger partial charge in [-0.2, -0.15) is 4.31 Å². The predicted molar refractivity (Wildman–Crippen MR) is 102 cm³/mol. The first-order valence-corrected chi connectivity index (χ1v) is 10.8. The minimum Gasteiger partial charge on any atom is -0.452 e. The second-order valence-electron chi connectivity index (χ2n) is 6.90. The molecule has 1 aromatic carbocycles. The Morgan fingerprint density at radius 2 is 1.89 bits per heavy atom. The van der Waals surface area contributed by atoms with Gasteiger partial charge in [-0.25, -0.2) is 13.2 Å². The number of carbonyl (C=O) groups excluding carboxylic acids is 2. The average Bonchev–Trinajstić information content (AvgIpc) is 2.66. The van der Waals surface area contributed by atoms with Gasteiger partial charge in [-0.15, -0.1) is 0 Å². The highest BCUT2D eigenvalue weighted by Gasteiger charge is 2.28. The Hall–Kier alpha value is -1.93. The number of hydrogen-bond acceptors (Lipinski definition) is 5. The first-order chi connectivity index (χ1) is 12.8. The third kappa shape index (κ3) is 5.52. The van der Waals surface area contributed by atoms with Gasteiger partial charge < -0.3 is 10.1 Å². The summed E-state index contributed by atoms with van der Waals surface area (Å²) in [4.78, 5) is 24.1. The van der Waals surface area contributed by atoms with E-state index in [1.807, 2.05) is 13.8 Å². The molecular formula is C19H28N2O5S. The van der Waals surface area contributed by atoms with Crippen LogP contribution in [-0.2, 0) is 19.6 Å². The lowest BCUT2D eigenvalue weighted by Crippen LogP contribution is -2.36. The topological polar surface area (TPSA) is 92.8 Å². The Balaban J connectivity index is 2.12. The number of amides is 1. The van der Waals surface area contributed by atoms with E-state index >= 15 is 0 Å². The summed E-state index contributed by atoms with van der Waals surface area (Å²) in [6, 6.07) is 4.44. The third-order valence-electron chi connectivity index (χ3n) is 4.71. The van der Waals surface area contributed by atoms with Gasteiger partial charge in [0, 0.05) is 19.1 Å². The van der Waals surface area contributed by atoms with Gasteiger partial charge >= 0.3 is 5.97 Å². The fraction of sp³-hybridized carbons (Fsp3) is 0.579. The van der Waals surface area contributed by atoms with E-state index in [0.29, 0.717) is 18.7 Å². The molecule has 1 atom stereocenters. The van der Waals surface area contributed by atoms with Gasteiger partial charge in [0.05, 0.1) is 10.5 Å². The number of rotatable bonds is 7. The molecule has 0 saturated carbocycles. The molecule has 0 bridgehead atoms. The van der Waals surface area contributed by atoms with E-state index in [9.17, 15) is 18.0 Å². The third-order valence-corrected chi connectivity index (χ3v) is 6.75. The van der Waals surface area contributed by atoms with Gasteiger partial charge in [0.1, 0.15) is 0 Å². The van der Waals surface area contributed by atoms with Crippen LogP contribution in [0.2, 0.25) is 0 Å². The molecule has 1 N–H and O–H groups in total. The van der Waals surface area contributed by atoms with Crippen molar-refractivity contribution < 1.29 is 22.7 Å². The monoisotopic (exact) mass is 396 g/mol. The molecule has 1 aliphatic rings. The smallest absolute Gasteiger partial charge is 0.338 e. The van der Waals surface area contributed by atoms with E-state index in [2.05, 4.69) is 5.32 Å². The van der Waals surface area contributed by atoms with Gasteiger partial charge in [-0.1, -0.05) is 19.4 Å². The number of benzene rings is 1. The number of nitrogens with zero attached hydrogens (tertiary/aromatic N) is 1. The van der Waals surface area contributed by atoms with Crippen LogP contribution in [-0.4, -0.2) is 50.3 Å². The molecule has 0 aliphatic carbocycles. The normalized spacial score (nSPS) is 16.6. The minimum atomic E-state index is -3.65. The summed E-state index contributed by atoms with van der Waals surface area (Å²) in [5.41, 5.74) is 0.694. The molecule has 0 radical (unpaired) electrons. The van der Waals surface area contributed by atoms with Crippen molar-refractivity contribution in [1.29, 1.82) is 0 Å². The Kier molecular flexibility index (Phi) is 7.38. The van der Waals surface area contributed by atoms with Crippen LogP contribution < -0.4 is 5.32 Å². The zero-order valence-corrected chi connectivity index (χ0v) is 17.0. The fourth-order valence-corrected chi connectivity index (χ4v) is 4.65. The summed E-state index contributed by atoms with van der Waals surface area (Å²) in [6.07, 6.45) is 3.47. The molecule has 8 heteroatoms. The number of hydrogen-bond donors (Lipinski definition) is 1. The molecule has 1 saturated heterocycles. The minimum absolute atomic E-state index is 0.00290. The molecule has 1 amide bonds. The number of ether oxygens (including phenoxy) is 1. The van der Waals surface area contributed by atoms with Crippen LogP contribution in [0.5, 0.6) is 0 Å². The maximum atomic E-state index is 12.9. The Bertz CT molecular complexity index is 785. The first-order valence-electron chi connectivity index (χ1n) is 9.33. The Morgan fingerprint density at radius 3 is 2.52 bits per heavy atom. The van der Waals surface area contributed by atoms with Crippen molar-refractivity contribution in [2.24, 2.45) is 0 Å². The van der Waals surface area contributed by atoms with Crippen LogP contribution in [0, 0.1) is 6.92 Å². The molecule has 0 spiro atoms. The summed E-state index contributed by atoms with van der Waals surface area (Å²) in [7, 11) is -3.65. The molecule has 0 aromatic heterocycles. The summed E-state index contributed by atoms with van der Waals surface area (Å²) in [6.45, 7) is 6.08. The molecular weight excluding hydrogens is 368 g/mol. The molecule has 2 rings (SSSR count). The highest BCUT2D eigenvalue weighted by atomic mass is 32.2. The van der Waals surface area contributed by atoms with Crippen molar-refractivity contribution in [1.82, 2.24) is 9.62 Å². The Morgan fingerprint density at radius 1 is 1.22 bits per heavy atom. The number of piperidine rings is 1. The van der Waals surface area contributed by atoms with Crippen LogP contribution in [0.1, 0.15) is 55.5 Å². The lowest BCUT2D eigenvalue weighted by atomic mass is 10.1. The van der Waals surface area contributed by atoms with E-state index in [1.165, 1.54) is 16.4 Å². The molecule has 1 aromatic rings. The number of sulfonamides is 1. The SMILES string of the molecule is CC[C@@H](C)NC(=O)COC(=O)c1ccc(C)c(S(=O)(=O)N2CCCCC2)c1. The van der Waals surface area contributed by atoms with Gasteiger partial charge in [0.15, 0.2) is 6.61 Å². The molecule has 0 unspecified atom stereocenters. The maximum absolute atomic E-state index is 12.9. The number of aryl methyl sites for hydroxylation is 1. The van der Waals surface area contributed by atoms with Crippen molar-refractivity contribution >= 4 is 21.9 Å². The summed E-state index contributed by atoms with van der Waals surface area (Å²) in [5.74, 6) is -1.10.